The van der Waals surface area contributed by atoms with E-state index in [-0.39, 0.29) is 5.82 Å². The molecule has 2 aromatic carbocycles. The largest absolute Gasteiger partial charge is 0.491 e. The number of halogens is 1. The van der Waals surface area contributed by atoms with Crippen LogP contribution >= 0.6 is 0 Å². The maximum Gasteiger partial charge on any atom is 0.172 e. The molecule has 2 aromatic rings. The van der Waals surface area contributed by atoms with Crippen molar-refractivity contribution in [1.82, 2.24) is 0 Å². The van der Waals surface area contributed by atoms with Gasteiger partial charge in [-0.2, -0.15) is 0 Å². The summed E-state index contributed by atoms with van der Waals surface area (Å²) in [6.07, 6.45) is 7.90. The van der Waals surface area contributed by atoms with Crippen molar-refractivity contribution in [3.8, 4) is 5.75 Å². The molecule has 124 valence electrons. The van der Waals surface area contributed by atoms with Crippen molar-refractivity contribution in [3.05, 3.63) is 41.7 Å². The molecule has 1 fully saturated rings. The molecule has 0 spiro atoms. The third-order valence-electron chi connectivity index (χ3n) is 5.26. The first-order valence-corrected chi connectivity index (χ1v) is 9.07. The highest BCUT2D eigenvalue weighted by Gasteiger charge is 2.22. The highest BCUT2D eigenvalue weighted by molar-refractivity contribution is 5.85. The van der Waals surface area contributed by atoms with Crippen LogP contribution in [-0.2, 0) is 0 Å². The molecule has 1 aliphatic carbocycles. The van der Waals surface area contributed by atoms with E-state index in [4.69, 9.17) is 4.74 Å². The molecule has 1 saturated carbocycles. The van der Waals surface area contributed by atoms with Crippen molar-refractivity contribution in [3.63, 3.8) is 0 Å². The summed E-state index contributed by atoms with van der Waals surface area (Å²) < 4.78 is 19.8. The van der Waals surface area contributed by atoms with Crippen molar-refractivity contribution in [2.24, 2.45) is 5.92 Å². The standard InChI is InChI=1S/C21H27FO/c1-3-5-15-6-8-16(9-7-15)17-10-12-19-18(14-17)11-13-20(21(19)22)23-4-2/h10-16H,3-9H2,1-2H3. The maximum atomic E-state index is 14.4. The summed E-state index contributed by atoms with van der Waals surface area (Å²) in [4.78, 5) is 0. The van der Waals surface area contributed by atoms with Crippen LogP contribution in [-0.4, -0.2) is 6.61 Å². The zero-order valence-corrected chi connectivity index (χ0v) is 14.3. The lowest BCUT2D eigenvalue weighted by atomic mass is 9.77. The summed E-state index contributed by atoms with van der Waals surface area (Å²) in [5.41, 5.74) is 1.37. The lowest BCUT2D eigenvalue weighted by Crippen LogP contribution is -2.13. The Morgan fingerprint density at radius 2 is 1.83 bits per heavy atom. The Kier molecular flexibility index (Phi) is 5.20. The van der Waals surface area contributed by atoms with E-state index in [2.05, 4.69) is 19.1 Å². The Bertz CT molecular complexity index is 656. The Morgan fingerprint density at radius 1 is 1.04 bits per heavy atom. The molecule has 0 aromatic heterocycles. The molecule has 0 aliphatic heterocycles. The van der Waals surface area contributed by atoms with Gasteiger partial charge in [0.05, 0.1) is 6.61 Å². The van der Waals surface area contributed by atoms with Gasteiger partial charge in [-0.15, -0.1) is 0 Å². The number of hydrogen-bond acceptors (Lipinski definition) is 1. The molecule has 0 unspecified atom stereocenters. The SMILES string of the molecule is CCCC1CCC(c2ccc3c(F)c(OCC)ccc3c2)CC1. The van der Waals surface area contributed by atoms with E-state index in [1.165, 1.54) is 44.1 Å². The second-order valence-electron chi connectivity index (χ2n) is 6.80. The Hall–Kier alpha value is -1.57. The van der Waals surface area contributed by atoms with Crippen LogP contribution in [0.3, 0.4) is 0 Å². The summed E-state index contributed by atoms with van der Waals surface area (Å²) >= 11 is 0. The van der Waals surface area contributed by atoms with Gasteiger partial charge in [0.25, 0.3) is 0 Å². The minimum atomic E-state index is -0.234. The van der Waals surface area contributed by atoms with Crippen LogP contribution in [0.5, 0.6) is 5.75 Å². The fourth-order valence-electron chi connectivity index (χ4n) is 4.00. The minimum absolute atomic E-state index is 0.234. The van der Waals surface area contributed by atoms with E-state index in [9.17, 15) is 4.39 Å². The van der Waals surface area contributed by atoms with E-state index in [0.717, 1.165) is 11.3 Å². The van der Waals surface area contributed by atoms with Crippen molar-refractivity contribution >= 4 is 10.8 Å². The van der Waals surface area contributed by atoms with Crippen molar-refractivity contribution < 1.29 is 9.13 Å². The van der Waals surface area contributed by atoms with Crippen LogP contribution in [0.25, 0.3) is 10.8 Å². The zero-order valence-electron chi connectivity index (χ0n) is 14.3. The molecule has 0 amide bonds. The smallest absolute Gasteiger partial charge is 0.172 e. The summed E-state index contributed by atoms with van der Waals surface area (Å²) in [5, 5.41) is 1.65. The van der Waals surface area contributed by atoms with E-state index in [0.29, 0.717) is 23.7 Å². The normalized spacial score (nSPS) is 21.5. The molecule has 2 heteroatoms. The monoisotopic (exact) mass is 314 g/mol. The van der Waals surface area contributed by atoms with E-state index < -0.39 is 0 Å². The van der Waals surface area contributed by atoms with Gasteiger partial charge < -0.3 is 4.74 Å². The molecule has 1 nitrogen and oxygen atoms in total. The molecule has 0 N–H and O–H groups in total. The highest BCUT2D eigenvalue weighted by Crippen LogP contribution is 2.38. The molecule has 1 aliphatic rings. The van der Waals surface area contributed by atoms with Crippen LogP contribution in [0.15, 0.2) is 30.3 Å². The maximum absolute atomic E-state index is 14.4. The van der Waals surface area contributed by atoms with Crippen LogP contribution in [0.2, 0.25) is 0 Å². The number of fused-ring (bicyclic) bond motifs is 1. The number of benzene rings is 2. The molecule has 0 saturated heterocycles. The molecular weight excluding hydrogens is 287 g/mol. The zero-order chi connectivity index (χ0) is 16.2. The second kappa shape index (κ2) is 7.33. The summed E-state index contributed by atoms with van der Waals surface area (Å²) in [6.45, 7) is 4.64. The van der Waals surface area contributed by atoms with Crippen molar-refractivity contribution in [2.45, 2.75) is 58.3 Å². The van der Waals surface area contributed by atoms with Gasteiger partial charge in [0.15, 0.2) is 11.6 Å². The lowest BCUT2D eigenvalue weighted by Gasteiger charge is -2.28. The van der Waals surface area contributed by atoms with Gasteiger partial charge in [-0.25, -0.2) is 4.39 Å². The predicted molar refractivity (Wildman–Crippen MR) is 94.7 cm³/mol. The number of rotatable bonds is 5. The van der Waals surface area contributed by atoms with Crippen molar-refractivity contribution in [1.29, 1.82) is 0 Å². The number of ether oxygens (including phenoxy) is 1. The van der Waals surface area contributed by atoms with Gasteiger partial charge in [0, 0.05) is 5.39 Å². The minimum Gasteiger partial charge on any atom is -0.491 e. The van der Waals surface area contributed by atoms with Crippen LogP contribution in [0, 0.1) is 11.7 Å². The van der Waals surface area contributed by atoms with Gasteiger partial charge in [0.2, 0.25) is 0 Å². The van der Waals surface area contributed by atoms with Crippen LogP contribution in [0.1, 0.15) is 63.9 Å². The van der Waals surface area contributed by atoms with Gasteiger partial charge in [-0.3, -0.25) is 0 Å². The number of hydrogen-bond donors (Lipinski definition) is 0. The molecule has 0 atom stereocenters. The third kappa shape index (κ3) is 3.52. The Labute approximate surface area is 138 Å². The van der Waals surface area contributed by atoms with E-state index >= 15 is 0 Å². The van der Waals surface area contributed by atoms with Gasteiger partial charge in [-0.05, 0) is 61.5 Å². The van der Waals surface area contributed by atoms with E-state index in [1.807, 2.05) is 19.1 Å². The van der Waals surface area contributed by atoms with Gasteiger partial charge in [-0.1, -0.05) is 44.0 Å². The summed E-state index contributed by atoms with van der Waals surface area (Å²) in [5.74, 6) is 1.68. The molecule has 3 rings (SSSR count). The summed E-state index contributed by atoms with van der Waals surface area (Å²) in [7, 11) is 0. The fraction of sp³-hybridized carbons (Fsp3) is 0.524. The fourth-order valence-corrected chi connectivity index (χ4v) is 4.00. The van der Waals surface area contributed by atoms with Crippen LogP contribution in [0.4, 0.5) is 4.39 Å². The predicted octanol–water partition coefficient (Wildman–Crippen LogP) is 6.45. The third-order valence-corrected chi connectivity index (χ3v) is 5.26. The van der Waals surface area contributed by atoms with Gasteiger partial charge in [0.1, 0.15) is 0 Å². The Morgan fingerprint density at radius 3 is 2.52 bits per heavy atom. The molecule has 0 heterocycles. The first-order valence-electron chi connectivity index (χ1n) is 9.07. The first-order chi connectivity index (χ1) is 11.2. The van der Waals surface area contributed by atoms with Crippen molar-refractivity contribution in [2.75, 3.05) is 6.61 Å². The topological polar surface area (TPSA) is 9.23 Å². The molecule has 0 radical (unpaired) electrons. The second-order valence-corrected chi connectivity index (χ2v) is 6.80. The molecular formula is C21H27FO. The quantitative estimate of drug-likeness (QED) is 0.616. The molecule has 23 heavy (non-hydrogen) atoms. The molecule has 0 bridgehead atoms. The first kappa shape index (κ1) is 16.3. The Balaban J connectivity index is 1.80. The average molecular weight is 314 g/mol. The van der Waals surface area contributed by atoms with Gasteiger partial charge >= 0.3 is 0 Å². The highest BCUT2D eigenvalue weighted by atomic mass is 19.1. The lowest BCUT2D eigenvalue weighted by molar-refractivity contribution is 0.308. The average Bonchev–Trinajstić information content (AvgIpc) is 2.58. The van der Waals surface area contributed by atoms with Crippen LogP contribution < -0.4 is 4.74 Å². The summed E-state index contributed by atoms with van der Waals surface area (Å²) in [6, 6.07) is 9.96. The van der Waals surface area contributed by atoms with E-state index in [1.54, 1.807) is 6.07 Å².